The fourth-order valence-electron chi connectivity index (χ4n) is 1.79. The Morgan fingerprint density at radius 1 is 1.39 bits per heavy atom. The summed E-state index contributed by atoms with van der Waals surface area (Å²) < 4.78 is 1.03. The van der Waals surface area contributed by atoms with Gasteiger partial charge in [-0.2, -0.15) is 0 Å². The fourth-order valence-corrected chi connectivity index (χ4v) is 2.32. The van der Waals surface area contributed by atoms with Crippen molar-refractivity contribution in [3.05, 3.63) is 28.2 Å². The van der Waals surface area contributed by atoms with Gasteiger partial charge in [-0.3, -0.25) is 0 Å². The molecule has 0 radical (unpaired) electrons. The van der Waals surface area contributed by atoms with Gasteiger partial charge in [0, 0.05) is 28.8 Å². The summed E-state index contributed by atoms with van der Waals surface area (Å²) in [5.74, 6) is 0. The van der Waals surface area contributed by atoms with Crippen LogP contribution in [0.25, 0.3) is 0 Å². The van der Waals surface area contributed by atoms with Crippen molar-refractivity contribution in [2.75, 3.05) is 11.9 Å². The summed E-state index contributed by atoms with van der Waals surface area (Å²) in [5, 5.41) is 0. The van der Waals surface area contributed by atoms with E-state index in [0.29, 0.717) is 11.0 Å². The summed E-state index contributed by atoms with van der Waals surface area (Å²) in [4.78, 5) is 2.67. The maximum Gasteiger partial charge on any atom is 0.106 e. The number of hydrogen-bond acceptors (Lipinski definition) is 2. The van der Waals surface area contributed by atoms with Gasteiger partial charge >= 0.3 is 0 Å². The van der Waals surface area contributed by atoms with Crippen molar-refractivity contribution in [1.29, 1.82) is 0 Å². The van der Waals surface area contributed by atoms with E-state index in [-0.39, 0.29) is 5.41 Å². The molecule has 0 saturated heterocycles. The molecule has 0 fully saturated rings. The summed E-state index contributed by atoms with van der Waals surface area (Å²) in [6.45, 7) is 8.90. The van der Waals surface area contributed by atoms with Gasteiger partial charge < -0.3 is 10.6 Å². The van der Waals surface area contributed by atoms with E-state index in [1.165, 1.54) is 0 Å². The third kappa shape index (κ3) is 3.45. The highest BCUT2D eigenvalue weighted by Crippen LogP contribution is 2.31. The zero-order valence-corrected chi connectivity index (χ0v) is 14.0. The van der Waals surface area contributed by atoms with E-state index in [1.807, 2.05) is 12.1 Å². The van der Waals surface area contributed by atoms with Crippen LogP contribution in [0.2, 0.25) is 0 Å². The van der Waals surface area contributed by atoms with Gasteiger partial charge in [0.25, 0.3) is 0 Å². The maximum atomic E-state index is 5.80. The zero-order valence-electron chi connectivity index (χ0n) is 11.6. The third-order valence-electron chi connectivity index (χ3n) is 3.44. The van der Waals surface area contributed by atoms with Crippen molar-refractivity contribution in [3.63, 3.8) is 0 Å². The summed E-state index contributed by atoms with van der Waals surface area (Å²) in [5.41, 5.74) is 7.98. The number of thiocarbonyl (C=S) groups is 1. The van der Waals surface area contributed by atoms with E-state index in [2.05, 4.69) is 61.6 Å². The Balaban J connectivity index is 3.23. The molecule has 0 aliphatic rings. The van der Waals surface area contributed by atoms with Crippen LogP contribution >= 0.6 is 28.1 Å². The Labute approximate surface area is 124 Å². The molecule has 0 bridgehead atoms. The molecule has 0 saturated carbocycles. The van der Waals surface area contributed by atoms with Crippen LogP contribution in [-0.4, -0.2) is 18.1 Å². The second kappa shape index (κ2) is 5.57. The molecule has 0 spiro atoms. The highest BCUT2D eigenvalue weighted by Gasteiger charge is 2.25. The number of rotatable bonds is 3. The average Bonchev–Trinajstić information content (AvgIpc) is 2.25. The van der Waals surface area contributed by atoms with Crippen molar-refractivity contribution in [2.24, 2.45) is 11.1 Å². The zero-order chi connectivity index (χ0) is 14.1. The normalized spacial score (nSPS) is 13.2. The standard InChI is InChI=1S/C14H21BrN2S/c1-9(14(2,3)4)17(5)12-8-10(15)6-7-11(12)13(16)18/h6-9H,1-5H3,(H2,16,18). The molecule has 0 aromatic heterocycles. The van der Waals surface area contributed by atoms with Gasteiger partial charge in [-0.1, -0.05) is 48.9 Å². The molecule has 18 heavy (non-hydrogen) atoms. The molecule has 1 aromatic rings. The molecule has 0 aliphatic heterocycles. The highest BCUT2D eigenvalue weighted by molar-refractivity contribution is 9.10. The lowest BCUT2D eigenvalue weighted by Gasteiger charge is -2.37. The van der Waals surface area contributed by atoms with Crippen LogP contribution in [0.15, 0.2) is 22.7 Å². The first-order valence-corrected chi connectivity index (χ1v) is 7.17. The highest BCUT2D eigenvalue weighted by atomic mass is 79.9. The SMILES string of the molecule is CC(N(C)c1cc(Br)ccc1C(N)=S)C(C)(C)C. The van der Waals surface area contributed by atoms with Crippen LogP contribution < -0.4 is 10.6 Å². The average molecular weight is 329 g/mol. The molecule has 100 valence electrons. The first-order valence-electron chi connectivity index (χ1n) is 5.96. The Hall–Kier alpha value is -0.610. The molecule has 2 nitrogen and oxygen atoms in total. The number of halogens is 1. The molecule has 1 unspecified atom stereocenters. The van der Waals surface area contributed by atoms with E-state index in [1.54, 1.807) is 0 Å². The predicted molar refractivity (Wildman–Crippen MR) is 87.3 cm³/mol. The van der Waals surface area contributed by atoms with E-state index in [4.69, 9.17) is 18.0 Å². The van der Waals surface area contributed by atoms with Crippen LogP contribution in [0.5, 0.6) is 0 Å². The summed E-state index contributed by atoms with van der Waals surface area (Å²) in [6, 6.07) is 6.37. The Morgan fingerprint density at radius 2 is 1.94 bits per heavy atom. The van der Waals surface area contributed by atoms with Gasteiger partial charge in [-0.15, -0.1) is 0 Å². The fraction of sp³-hybridized carbons (Fsp3) is 0.500. The number of benzene rings is 1. The Morgan fingerprint density at radius 3 is 2.39 bits per heavy atom. The number of nitrogens with two attached hydrogens (primary N) is 1. The molecule has 0 amide bonds. The molecule has 0 aliphatic carbocycles. The Kier molecular flexibility index (Phi) is 4.78. The Bertz CT molecular complexity index is 452. The van der Waals surface area contributed by atoms with Gasteiger partial charge in [0.15, 0.2) is 0 Å². The summed E-state index contributed by atoms with van der Waals surface area (Å²) in [7, 11) is 2.08. The quantitative estimate of drug-likeness (QED) is 0.852. The monoisotopic (exact) mass is 328 g/mol. The second-order valence-corrected chi connectivity index (χ2v) is 7.03. The molecule has 4 heteroatoms. The van der Waals surface area contributed by atoms with E-state index in [0.717, 1.165) is 15.7 Å². The molecule has 2 N–H and O–H groups in total. The smallest absolute Gasteiger partial charge is 0.106 e. The van der Waals surface area contributed by atoms with E-state index < -0.39 is 0 Å². The number of nitrogens with zero attached hydrogens (tertiary/aromatic N) is 1. The van der Waals surface area contributed by atoms with Gasteiger partial charge in [0.05, 0.1) is 0 Å². The largest absolute Gasteiger partial charge is 0.389 e. The summed E-state index contributed by atoms with van der Waals surface area (Å²) in [6.07, 6.45) is 0. The first-order chi connectivity index (χ1) is 8.14. The van der Waals surface area contributed by atoms with Gasteiger partial charge in [-0.05, 0) is 30.5 Å². The minimum absolute atomic E-state index is 0.185. The topological polar surface area (TPSA) is 29.3 Å². The number of anilines is 1. The van der Waals surface area contributed by atoms with Crippen molar-refractivity contribution in [1.82, 2.24) is 0 Å². The van der Waals surface area contributed by atoms with Crippen LogP contribution in [0.3, 0.4) is 0 Å². The summed E-state index contributed by atoms with van der Waals surface area (Å²) >= 11 is 8.63. The molecule has 0 heterocycles. The van der Waals surface area contributed by atoms with Crippen LogP contribution in [0.1, 0.15) is 33.3 Å². The molecular weight excluding hydrogens is 308 g/mol. The maximum absolute atomic E-state index is 5.80. The minimum atomic E-state index is 0.185. The molecule has 1 rings (SSSR count). The van der Waals surface area contributed by atoms with Crippen molar-refractivity contribution in [3.8, 4) is 0 Å². The third-order valence-corrected chi connectivity index (χ3v) is 4.15. The van der Waals surface area contributed by atoms with Crippen LogP contribution in [0.4, 0.5) is 5.69 Å². The molecule has 1 aromatic carbocycles. The molecule has 1 atom stereocenters. The van der Waals surface area contributed by atoms with Crippen molar-refractivity contribution >= 4 is 38.8 Å². The first kappa shape index (κ1) is 15.4. The van der Waals surface area contributed by atoms with E-state index in [9.17, 15) is 0 Å². The van der Waals surface area contributed by atoms with Gasteiger partial charge in [0.2, 0.25) is 0 Å². The van der Waals surface area contributed by atoms with E-state index >= 15 is 0 Å². The lowest BCUT2D eigenvalue weighted by Crippen LogP contribution is -2.40. The van der Waals surface area contributed by atoms with Crippen molar-refractivity contribution in [2.45, 2.75) is 33.7 Å². The van der Waals surface area contributed by atoms with Crippen molar-refractivity contribution < 1.29 is 0 Å². The second-order valence-electron chi connectivity index (χ2n) is 5.68. The van der Waals surface area contributed by atoms with Gasteiger partial charge in [-0.25, -0.2) is 0 Å². The lowest BCUT2D eigenvalue weighted by atomic mass is 9.86. The number of hydrogen-bond donors (Lipinski definition) is 1. The van der Waals surface area contributed by atoms with Crippen LogP contribution in [-0.2, 0) is 0 Å². The lowest BCUT2D eigenvalue weighted by molar-refractivity contribution is 0.329. The predicted octanol–water partition coefficient (Wildman–Crippen LogP) is 3.95. The molecular formula is C14H21BrN2S. The minimum Gasteiger partial charge on any atom is -0.389 e. The van der Waals surface area contributed by atoms with Gasteiger partial charge in [0.1, 0.15) is 4.99 Å². The van der Waals surface area contributed by atoms with Crippen LogP contribution in [0, 0.1) is 5.41 Å².